The minimum Gasteiger partial charge on any atom is -0.411 e. The normalized spacial score (nSPS) is 13.9. The van der Waals surface area contributed by atoms with Crippen molar-refractivity contribution in [3.63, 3.8) is 0 Å². The molecule has 0 unspecified atom stereocenters. The van der Waals surface area contributed by atoms with Gasteiger partial charge in [-0.1, -0.05) is 23.4 Å². The lowest BCUT2D eigenvalue weighted by Crippen LogP contribution is -2.01. The molecule has 0 saturated heterocycles. The monoisotopic (exact) mass is 392 g/mol. The number of nitrogens with zero attached hydrogens (tertiary/aromatic N) is 6. The van der Waals surface area contributed by atoms with Gasteiger partial charge in [0.25, 0.3) is 0 Å². The number of rotatable bonds is 3. The zero-order valence-electron chi connectivity index (χ0n) is 15.9. The Bertz CT molecular complexity index is 1320. The van der Waals surface area contributed by atoms with Gasteiger partial charge >= 0.3 is 0 Å². The fourth-order valence-electron chi connectivity index (χ4n) is 3.82. The van der Waals surface area contributed by atoms with Crippen molar-refractivity contribution in [1.29, 1.82) is 5.26 Å². The van der Waals surface area contributed by atoms with E-state index in [1.807, 2.05) is 30.5 Å². The quantitative estimate of drug-likeness (QED) is 0.420. The van der Waals surface area contributed by atoms with Gasteiger partial charge in [0.2, 0.25) is 0 Å². The van der Waals surface area contributed by atoms with Crippen LogP contribution >= 0.6 is 0 Å². The number of aromatic nitrogens is 4. The Morgan fingerprint density at radius 1 is 1.00 bits per heavy atom. The van der Waals surface area contributed by atoms with Crippen LogP contribution in [0.5, 0.6) is 0 Å². The maximum atomic E-state index is 9.47. The minimum atomic E-state index is 0.450. The molecule has 3 aromatic heterocycles. The first-order valence-corrected chi connectivity index (χ1v) is 9.48. The van der Waals surface area contributed by atoms with Gasteiger partial charge in [0.15, 0.2) is 5.82 Å². The van der Waals surface area contributed by atoms with Crippen LogP contribution in [0.4, 0.5) is 0 Å². The number of aryl methyl sites for hydroxylation is 1. The zero-order valence-corrected chi connectivity index (χ0v) is 15.9. The third kappa shape index (κ3) is 2.91. The van der Waals surface area contributed by atoms with Crippen molar-refractivity contribution in [2.24, 2.45) is 5.16 Å². The molecule has 0 atom stereocenters. The average molecular weight is 392 g/mol. The molecule has 0 amide bonds. The summed E-state index contributed by atoms with van der Waals surface area (Å²) in [5.41, 5.74) is 6.92. The summed E-state index contributed by atoms with van der Waals surface area (Å²) in [4.78, 5) is 8.47. The van der Waals surface area contributed by atoms with Crippen molar-refractivity contribution in [3.05, 3.63) is 83.9 Å². The molecule has 0 fully saturated rings. The molecule has 0 aliphatic heterocycles. The van der Waals surface area contributed by atoms with Crippen LogP contribution in [0.3, 0.4) is 0 Å². The molecule has 5 rings (SSSR count). The first kappa shape index (κ1) is 17.8. The number of hydrogen-bond donors (Lipinski definition) is 1. The first-order chi connectivity index (χ1) is 14.8. The molecule has 1 aliphatic carbocycles. The zero-order chi connectivity index (χ0) is 20.5. The maximum absolute atomic E-state index is 9.47. The van der Waals surface area contributed by atoms with E-state index in [1.165, 1.54) is 0 Å². The van der Waals surface area contributed by atoms with Crippen LogP contribution in [0.2, 0.25) is 0 Å². The van der Waals surface area contributed by atoms with Crippen molar-refractivity contribution in [3.8, 4) is 34.3 Å². The highest BCUT2D eigenvalue weighted by molar-refractivity contribution is 6.04. The summed E-state index contributed by atoms with van der Waals surface area (Å²) in [6, 6.07) is 15.6. The number of nitriles is 1. The molecule has 144 valence electrons. The molecule has 0 saturated carbocycles. The van der Waals surface area contributed by atoms with E-state index < -0.39 is 0 Å². The predicted molar refractivity (Wildman–Crippen MR) is 111 cm³/mol. The first-order valence-electron chi connectivity index (χ1n) is 9.48. The number of hydrogen-bond acceptors (Lipinski definition) is 6. The van der Waals surface area contributed by atoms with Gasteiger partial charge in [0.05, 0.1) is 11.3 Å². The molecule has 0 spiro atoms. The Hall–Kier alpha value is -4.31. The summed E-state index contributed by atoms with van der Waals surface area (Å²) < 4.78 is 1.65. The number of benzene rings is 1. The van der Waals surface area contributed by atoms with Gasteiger partial charge in [-0.3, -0.25) is 4.98 Å². The molecule has 1 aliphatic rings. The summed E-state index contributed by atoms with van der Waals surface area (Å²) in [7, 11) is 0. The van der Waals surface area contributed by atoms with Gasteiger partial charge in [-0.15, -0.1) is 0 Å². The molecule has 0 bridgehead atoms. The van der Waals surface area contributed by atoms with E-state index in [4.69, 9.17) is 5.10 Å². The van der Waals surface area contributed by atoms with Crippen LogP contribution in [0.1, 0.15) is 23.1 Å². The number of fused-ring (bicyclic) bond motifs is 1. The van der Waals surface area contributed by atoms with Gasteiger partial charge in [-0.25, -0.2) is 9.67 Å². The maximum Gasteiger partial charge on any atom is 0.171 e. The van der Waals surface area contributed by atoms with Crippen molar-refractivity contribution < 1.29 is 5.21 Å². The summed E-state index contributed by atoms with van der Waals surface area (Å²) in [5.74, 6) is 0.484. The second kappa shape index (κ2) is 7.26. The minimum absolute atomic E-state index is 0.450. The lowest BCUT2D eigenvalue weighted by Gasteiger charge is -2.05. The lowest BCUT2D eigenvalue weighted by atomic mass is 9.98. The smallest absolute Gasteiger partial charge is 0.171 e. The van der Waals surface area contributed by atoms with Gasteiger partial charge in [-0.2, -0.15) is 10.4 Å². The standard InChI is InChI=1S/C23H16N6O/c24-13-18-2-1-9-26-23(18)29-14-20(22(27-29)15-7-10-25-11-8-15)17-3-5-19-16(12-17)4-6-21(19)28-30/h1-3,5,7-12,14,30H,4,6H2. The SMILES string of the molecule is N#Cc1cccnc1-n1cc(-c2ccc3c(c2)CCC3=NO)c(-c2ccncc2)n1. The number of pyridine rings is 2. The summed E-state index contributed by atoms with van der Waals surface area (Å²) in [6.45, 7) is 0. The Balaban J connectivity index is 1.70. The third-order valence-electron chi connectivity index (χ3n) is 5.27. The van der Waals surface area contributed by atoms with Crippen LogP contribution in [-0.2, 0) is 6.42 Å². The highest BCUT2D eigenvalue weighted by Crippen LogP contribution is 2.35. The van der Waals surface area contributed by atoms with E-state index in [-0.39, 0.29) is 0 Å². The molecule has 1 aromatic carbocycles. The predicted octanol–water partition coefficient (Wildman–Crippen LogP) is 3.99. The van der Waals surface area contributed by atoms with Gasteiger partial charge < -0.3 is 5.21 Å². The highest BCUT2D eigenvalue weighted by atomic mass is 16.4. The van der Waals surface area contributed by atoms with E-state index in [0.717, 1.165) is 46.4 Å². The van der Waals surface area contributed by atoms with E-state index in [9.17, 15) is 10.5 Å². The third-order valence-corrected chi connectivity index (χ3v) is 5.27. The molecule has 7 heteroatoms. The average Bonchev–Trinajstić information content (AvgIpc) is 3.43. The topological polar surface area (TPSA) is 100.0 Å². The molecule has 4 aromatic rings. The van der Waals surface area contributed by atoms with Crippen LogP contribution < -0.4 is 0 Å². The molecule has 7 nitrogen and oxygen atoms in total. The molecular formula is C23H16N6O. The fourth-order valence-corrected chi connectivity index (χ4v) is 3.82. The second-order valence-electron chi connectivity index (χ2n) is 6.98. The Morgan fingerprint density at radius 3 is 2.67 bits per heavy atom. The van der Waals surface area contributed by atoms with Crippen molar-refractivity contribution >= 4 is 5.71 Å². The molecule has 0 radical (unpaired) electrons. The van der Waals surface area contributed by atoms with Crippen LogP contribution in [0.15, 0.2) is 72.4 Å². The summed E-state index contributed by atoms with van der Waals surface area (Å²) in [6.07, 6.45) is 8.56. The molecule has 1 N–H and O–H groups in total. The Kier molecular flexibility index (Phi) is 4.30. The molecule has 3 heterocycles. The summed E-state index contributed by atoms with van der Waals surface area (Å²) >= 11 is 0. The van der Waals surface area contributed by atoms with E-state index >= 15 is 0 Å². The molecular weight excluding hydrogens is 376 g/mol. The van der Waals surface area contributed by atoms with Crippen LogP contribution in [0.25, 0.3) is 28.2 Å². The van der Waals surface area contributed by atoms with Crippen molar-refractivity contribution in [2.45, 2.75) is 12.8 Å². The van der Waals surface area contributed by atoms with Gasteiger partial charge in [0.1, 0.15) is 11.8 Å². The molecule has 30 heavy (non-hydrogen) atoms. The summed E-state index contributed by atoms with van der Waals surface area (Å²) in [5, 5.41) is 26.9. The Morgan fingerprint density at radius 2 is 1.87 bits per heavy atom. The van der Waals surface area contributed by atoms with E-state index in [1.54, 1.807) is 35.4 Å². The van der Waals surface area contributed by atoms with Crippen molar-refractivity contribution in [2.75, 3.05) is 0 Å². The van der Waals surface area contributed by atoms with Crippen LogP contribution in [0, 0.1) is 11.3 Å². The van der Waals surface area contributed by atoms with E-state index in [2.05, 4.69) is 27.3 Å². The van der Waals surface area contributed by atoms with Gasteiger partial charge in [0, 0.05) is 41.5 Å². The second-order valence-corrected chi connectivity index (χ2v) is 6.98. The largest absolute Gasteiger partial charge is 0.411 e. The highest BCUT2D eigenvalue weighted by Gasteiger charge is 2.21. The van der Waals surface area contributed by atoms with Crippen molar-refractivity contribution in [1.82, 2.24) is 19.7 Å². The van der Waals surface area contributed by atoms with Gasteiger partial charge in [-0.05, 0) is 48.2 Å². The lowest BCUT2D eigenvalue weighted by molar-refractivity contribution is 0.318. The van der Waals surface area contributed by atoms with E-state index in [0.29, 0.717) is 17.1 Å². The fraction of sp³-hybridized carbons (Fsp3) is 0.0870. The number of oxime groups is 1. The van der Waals surface area contributed by atoms with Crippen LogP contribution in [-0.4, -0.2) is 30.7 Å². The Labute approximate surface area is 172 Å².